The van der Waals surface area contributed by atoms with Gasteiger partial charge in [0.1, 0.15) is 0 Å². The molecule has 0 saturated carbocycles. The summed E-state index contributed by atoms with van der Waals surface area (Å²) in [5.74, 6) is 0.0528. The highest BCUT2D eigenvalue weighted by Gasteiger charge is 2.23. The fraction of sp³-hybridized carbons (Fsp3) is 0.818. The number of nitrogens with zero attached hydrogens (tertiary/aromatic N) is 2. The lowest BCUT2D eigenvalue weighted by Crippen LogP contribution is -2.51. The number of rotatable bonds is 4. The number of carbonyl (C=O) groups excluding carboxylic acids is 1. The minimum Gasteiger partial charge on any atom is -0.378 e. The van der Waals surface area contributed by atoms with Gasteiger partial charge in [-0.25, -0.2) is 0 Å². The zero-order valence-corrected chi connectivity index (χ0v) is 9.90. The number of hydrogen-bond donors (Lipinski definition) is 1. The summed E-state index contributed by atoms with van der Waals surface area (Å²) in [5.41, 5.74) is 0. The molecule has 5 nitrogen and oxygen atoms in total. The highest BCUT2D eigenvalue weighted by atomic mass is 16.5. The van der Waals surface area contributed by atoms with E-state index in [4.69, 9.17) is 10.00 Å². The normalized spacial score (nSPS) is 19.9. The second kappa shape index (κ2) is 6.46. The van der Waals surface area contributed by atoms with Crippen LogP contribution in [0.4, 0.5) is 0 Å². The second-order valence-corrected chi connectivity index (χ2v) is 3.92. The average molecular weight is 225 g/mol. The van der Waals surface area contributed by atoms with Crippen molar-refractivity contribution in [1.29, 1.82) is 5.26 Å². The van der Waals surface area contributed by atoms with E-state index in [9.17, 15) is 4.79 Å². The van der Waals surface area contributed by atoms with Gasteiger partial charge < -0.3 is 9.64 Å². The van der Waals surface area contributed by atoms with Gasteiger partial charge in [-0.2, -0.15) is 5.26 Å². The van der Waals surface area contributed by atoms with Gasteiger partial charge in [-0.1, -0.05) is 6.92 Å². The van der Waals surface area contributed by atoms with Crippen molar-refractivity contribution in [3.63, 3.8) is 0 Å². The summed E-state index contributed by atoms with van der Waals surface area (Å²) in [6, 6.07) is 1.58. The third-order valence-corrected chi connectivity index (χ3v) is 2.71. The highest BCUT2D eigenvalue weighted by molar-refractivity contribution is 5.81. The maximum atomic E-state index is 12.0. The zero-order valence-electron chi connectivity index (χ0n) is 9.90. The number of hydrogen-bond acceptors (Lipinski definition) is 4. The molecule has 90 valence electrons. The number of ether oxygens (including phenoxy) is 1. The first kappa shape index (κ1) is 12.9. The Kier molecular flexibility index (Phi) is 5.23. The smallest absolute Gasteiger partial charge is 0.239 e. The summed E-state index contributed by atoms with van der Waals surface area (Å²) in [4.78, 5) is 13.7. The molecule has 5 heteroatoms. The van der Waals surface area contributed by atoms with Crippen LogP contribution < -0.4 is 5.32 Å². The summed E-state index contributed by atoms with van der Waals surface area (Å²) in [5, 5.41) is 11.8. The molecule has 1 amide bonds. The van der Waals surface area contributed by atoms with Gasteiger partial charge in [0.2, 0.25) is 5.91 Å². The molecular formula is C11H19N3O2. The van der Waals surface area contributed by atoms with Gasteiger partial charge in [0.25, 0.3) is 0 Å². The Bertz CT molecular complexity index is 269. The first-order valence-corrected chi connectivity index (χ1v) is 5.71. The molecule has 1 fully saturated rings. The van der Waals surface area contributed by atoms with Gasteiger partial charge >= 0.3 is 0 Å². The predicted molar refractivity (Wildman–Crippen MR) is 59.7 cm³/mol. The van der Waals surface area contributed by atoms with Crippen molar-refractivity contribution in [3.05, 3.63) is 0 Å². The SMILES string of the molecule is CCC(C#N)NC(C)C(=O)N1CCOCC1. The van der Waals surface area contributed by atoms with Crippen LogP contribution in [-0.2, 0) is 9.53 Å². The number of nitriles is 1. The van der Waals surface area contributed by atoms with E-state index >= 15 is 0 Å². The molecule has 1 N–H and O–H groups in total. The quantitative estimate of drug-likeness (QED) is 0.738. The Morgan fingerprint density at radius 2 is 2.19 bits per heavy atom. The molecule has 0 bridgehead atoms. The van der Waals surface area contributed by atoms with Gasteiger partial charge in [-0.05, 0) is 13.3 Å². The predicted octanol–water partition coefficient (Wildman–Crippen LogP) is 0.125. The van der Waals surface area contributed by atoms with E-state index in [0.29, 0.717) is 32.7 Å². The van der Waals surface area contributed by atoms with Crippen molar-refractivity contribution in [2.45, 2.75) is 32.4 Å². The fourth-order valence-electron chi connectivity index (χ4n) is 1.68. The molecule has 16 heavy (non-hydrogen) atoms. The van der Waals surface area contributed by atoms with Crippen molar-refractivity contribution in [2.75, 3.05) is 26.3 Å². The highest BCUT2D eigenvalue weighted by Crippen LogP contribution is 2.02. The van der Waals surface area contributed by atoms with E-state index in [2.05, 4.69) is 11.4 Å². The molecule has 0 spiro atoms. The van der Waals surface area contributed by atoms with Crippen LogP contribution in [0.1, 0.15) is 20.3 Å². The van der Waals surface area contributed by atoms with Gasteiger partial charge in [-0.3, -0.25) is 10.1 Å². The van der Waals surface area contributed by atoms with Gasteiger partial charge in [0, 0.05) is 13.1 Å². The minimum absolute atomic E-state index is 0.0528. The zero-order chi connectivity index (χ0) is 12.0. The van der Waals surface area contributed by atoms with E-state index in [1.54, 1.807) is 11.8 Å². The van der Waals surface area contributed by atoms with E-state index in [-0.39, 0.29) is 18.0 Å². The van der Waals surface area contributed by atoms with Crippen molar-refractivity contribution >= 4 is 5.91 Å². The van der Waals surface area contributed by atoms with Crippen molar-refractivity contribution < 1.29 is 9.53 Å². The fourth-order valence-corrected chi connectivity index (χ4v) is 1.68. The van der Waals surface area contributed by atoms with Gasteiger partial charge in [-0.15, -0.1) is 0 Å². The van der Waals surface area contributed by atoms with Crippen LogP contribution in [0, 0.1) is 11.3 Å². The van der Waals surface area contributed by atoms with Crippen molar-refractivity contribution in [3.8, 4) is 6.07 Å². The van der Waals surface area contributed by atoms with Crippen molar-refractivity contribution in [1.82, 2.24) is 10.2 Å². The minimum atomic E-state index is -0.303. The first-order valence-electron chi connectivity index (χ1n) is 5.71. The third-order valence-electron chi connectivity index (χ3n) is 2.71. The molecule has 1 heterocycles. The van der Waals surface area contributed by atoms with Gasteiger partial charge in [0.15, 0.2) is 0 Å². The molecular weight excluding hydrogens is 206 g/mol. The summed E-state index contributed by atoms with van der Waals surface area (Å²) in [7, 11) is 0. The number of nitrogens with one attached hydrogen (secondary N) is 1. The number of carbonyl (C=O) groups is 1. The Morgan fingerprint density at radius 3 is 2.69 bits per heavy atom. The van der Waals surface area contributed by atoms with Crippen LogP contribution in [-0.4, -0.2) is 49.2 Å². The molecule has 0 radical (unpaired) electrons. The molecule has 1 saturated heterocycles. The molecule has 1 rings (SSSR count). The molecule has 0 aromatic heterocycles. The Hall–Kier alpha value is -1.12. The largest absolute Gasteiger partial charge is 0.378 e. The van der Waals surface area contributed by atoms with Crippen LogP contribution in [0.3, 0.4) is 0 Å². The summed E-state index contributed by atoms with van der Waals surface area (Å²) < 4.78 is 5.19. The summed E-state index contributed by atoms with van der Waals surface area (Å²) in [6.07, 6.45) is 0.706. The van der Waals surface area contributed by atoms with Crippen LogP contribution in [0.25, 0.3) is 0 Å². The molecule has 2 unspecified atom stereocenters. The van der Waals surface area contributed by atoms with Crippen molar-refractivity contribution in [2.24, 2.45) is 0 Å². The lowest BCUT2D eigenvalue weighted by molar-refractivity contribution is -0.137. The molecule has 1 aliphatic rings. The summed E-state index contributed by atoms with van der Waals surface area (Å²) in [6.45, 7) is 6.23. The first-order chi connectivity index (χ1) is 7.69. The van der Waals surface area contributed by atoms with Crippen LogP contribution >= 0.6 is 0 Å². The maximum absolute atomic E-state index is 12.0. The lowest BCUT2D eigenvalue weighted by Gasteiger charge is -2.30. The van der Waals surface area contributed by atoms with E-state index < -0.39 is 0 Å². The number of morpholine rings is 1. The second-order valence-electron chi connectivity index (χ2n) is 3.92. The lowest BCUT2D eigenvalue weighted by atomic mass is 10.2. The average Bonchev–Trinajstić information content (AvgIpc) is 2.35. The molecule has 1 aliphatic heterocycles. The maximum Gasteiger partial charge on any atom is 0.239 e. The van der Waals surface area contributed by atoms with Gasteiger partial charge in [0.05, 0.1) is 31.4 Å². The van der Waals surface area contributed by atoms with Crippen LogP contribution in [0.2, 0.25) is 0 Å². The van der Waals surface area contributed by atoms with E-state index in [1.165, 1.54) is 0 Å². The van der Waals surface area contributed by atoms with E-state index in [1.807, 2.05) is 6.92 Å². The Balaban J connectivity index is 2.43. The number of amides is 1. The molecule has 0 aromatic rings. The summed E-state index contributed by atoms with van der Waals surface area (Å²) >= 11 is 0. The Morgan fingerprint density at radius 1 is 1.56 bits per heavy atom. The van der Waals surface area contributed by atoms with Crippen LogP contribution in [0.5, 0.6) is 0 Å². The van der Waals surface area contributed by atoms with E-state index in [0.717, 1.165) is 0 Å². The Labute approximate surface area is 96.4 Å². The molecule has 2 atom stereocenters. The van der Waals surface area contributed by atoms with Crippen LogP contribution in [0.15, 0.2) is 0 Å². The standard InChI is InChI=1S/C11H19N3O2/c1-3-10(8-12)13-9(2)11(15)14-4-6-16-7-5-14/h9-10,13H,3-7H2,1-2H3. The molecule has 0 aliphatic carbocycles. The monoisotopic (exact) mass is 225 g/mol. The topological polar surface area (TPSA) is 65.4 Å². The molecule has 0 aromatic carbocycles. The third kappa shape index (κ3) is 3.47.